The number of hydrogen-bond donors (Lipinski definition) is 0. The molecule has 1 aromatic heterocycles. The number of halogens is 3. The van der Waals surface area contributed by atoms with Gasteiger partial charge in [-0.2, -0.15) is 0 Å². The molecule has 25 heavy (non-hydrogen) atoms. The van der Waals surface area contributed by atoms with Crippen LogP contribution in [0.15, 0.2) is 50.8 Å². The van der Waals surface area contributed by atoms with Gasteiger partial charge in [-0.25, -0.2) is 4.74 Å². The molecule has 1 fully saturated rings. The van der Waals surface area contributed by atoms with E-state index >= 15 is 0 Å². The Kier molecular flexibility index (Phi) is 5.27. The summed E-state index contributed by atoms with van der Waals surface area (Å²) >= 11 is 1.25. The van der Waals surface area contributed by atoms with Crippen LogP contribution in [0.5, 0.6) is 5.75 Å². The number of benzene rings is 1. The number of alkyl halides is 3. The van der Waals surface area contributed by atoms with Crippen molar-refractivity contribution in [1.82, 2.24) is 0 Å². The Morgan fingerprint density at radius 1 is 1.12 bits per heavy atom. The quantitative estimate of drug-likeness (QED) is 0.314. The third-order valence-electron chi connectivity index (χ3n) is 3.82. The zero-order chi connectivity index (χ0) is 17.9. The van der Waals surface area contributed by atoms with Crippen molar-refractivity contribution in [3.63, 3.8) is 0 Å². The molecule has 0 radical (unpaired) electrons. The van der Waals surface area contributed by atoms with Crippen LogP contribution < -0.4 is 4.74 Å². The van der Waals surface area contributed by atoms with E-state index in [1.165, 1.54) is 42.2 Å². The third-order valence-corrected chi connectivity index (χ3v) is 4.75. The average Bonchev–Trinajstić information content (AvgIpc) is 3.20. The SMILES string of the molecule is [O-]/[N+](=C\c1ccc(Sc2ccc(OC(F)(F)F)cc2)o1)C1CCCC1. The van der Waals surface area contributed by atoms with Crippen LogP contribution in [0.1, 0.15) is 31.4 Å². The maximum atomic E-state index is 12.1. The Bertz CT molecular complexity index is 734. The minimum absolute atomic E-state index is 0.0161. The van der Waals surface area contributed by atoms with Crippen LogP contribution in [0.25, 0.3) is 0 Å². The lowest BCUT2D eigenvalue weighted by atomic mass is 10.3. The lowest BCUT2D eigenvalue weighted by Gasteiger charge is -2.09. The molecule has 0 saturated heterocycles. The predicted octanol–water partition coefficient (Wildman–Crippen LogP) is 5.20. The van der Waals surface area contributed by atoms with Crippen molar-refractivity contribution in [3.05, 3.63) is 47.4 Å². The molecule has 8 heteroatoms. The van der Waals surface area contributed by atoms with E-state index in [2.05, 4.69) is 4.74 Å². The molecule has 0 aliphatic heterocycles. The second-order valence-corrected chi connectivity index (χ2v) is 6.78. The lowest BCUT2D eigenvalue weighted by molar-refractivity contribution is -0.494. The van der Waals surface area contributed by atoms with E-state index in [1.807, 2.05) is 0 Å². The third kappa shape index (κ3) is 5.19. The summed E-state index contributed by atoms with van der Waals surface area (Å²) in [6.07, 6.45) is 0.683. The molecule has 1 heterocycles. The second kappa shape index (κ2) is 7.43. The molecule has 4 nitrogen and oxygen atoms in total. The highest BCUT2D eigenvalue weighted by atomic mass is 32.2. The number of nitrogens with zero attached hydrogens (tertiary/aromatic N) is 1. The first-order valence-corrected chi connectivity index (χ1v) is 8.64. The number of hydrogen-bond acceptors (Lipinski definition) is 4. The van der Waals surface area contributed by atoms with Crippen molar-refractivity contribution in [2.24, 2.45) is 0 Å². The van der Waals surface area contributed by atoms with Gasteiger partial charge in [0.15, 0.2) is 16.9 Å². The maximum Gasteiger partial charge on any atom is 0.573 e. The van der Waals surface area contributed by atoms with Gasteiger partial charge in [0.2, 0.25) is 6.21 Å². The zero-order valence-electron chi connectivity index (χ0n) is 13.2. The van der Waals surface area contributed by atoms with Gasteiger partial charge in [-0.15, -0.1) is 13.2 Å². The largest absolute Gasteiger partial charge is 0.624 e. The van der Waals surface area contributed by atoms with Crippen LogP contribution in [0.2, 0.25) is 0 Å². The van der Waals surface area contributed by atoms with Gasteiger partial charge in [0.05, 0.1) is 0 Å². The van der Waals surface area contributed by atoms with Gasteiger partial charge >= 0.3 is 6.36 Å². The fourth-order valence-corrected chi connectivity index (χ4v) is 3.45. The first-order valence-electron chi connectivity index (χ1n) is 7.83. The molecule has 3 rings (SSSR count). The molecule has 0 atom stereocenters. The molecule has 1 aromatic carbocycles. The van der Waals surface area contributed by atoms with Crippen molar-refractivity contribution in [3.8, 4) is 5.75 Å². The maximum absolute atomic E-state index is 12.1. The Hall–Kier alpha value is -2.09. The molecular weight excluding hydrogens is 355 g/mol. The first-order chi connectivity index (χ1) is 11.9. The summed E-state index contributed by atoms with van der Waals surface area (Å²) in [6.45, 7) is 0. The topological polar surface area (TPSA) is 48.4 Å². The average molecular weight is 371 g/mol. The summed E-state index contributed by atoms with van der Waals surface area (Å²) in [5, 5.41) is 12.6. The van der Waals surface area contributed by atoms with E-state index in [9.17, 15) is 18.4 Å². The lowest BCUT2D eigenvalue weighted by Crippen LogP contribution is -2.18. The molecule has 134 valence electrons. The molecule has 0 unspecified atom stereocenters. The Labute approximate surface area is 146 Å². The van der Waals surface area contributed by atoms with Gasteiger partial charge < -0.3 is 14.4 Å². The van der Waals surface area contributed by atoms with Crippen LogP contribution in [-0.2, 0) is 0 Å². The van der Waals surface area contributed by atoms with Gasteiger partial charge in [0.25, 0.3) is 0 Å². The van der Waals surface area contributed by atoms with Crippen LogP contribution in [0.3, 0.4) is 0 Å². The minimum atomic E-state index is -4.70. The monoisotopic (exact) mass is 371 g/mol. The molecular formula is C17H16F3NO3S. The minimum Gasteiger partial charge on any atom is -0.624 e. The van der Waals surface area contributed by atoms with Crippen LogP contribution in [-0.4, -0.2) is 23.4 Å². The van der Waals surface area contributed by atoms with Gasteiger partial charge in [-0.1, -0.05) is 11.8 Å². The van der Waals surface area contributed by atoms with Crippen LogP contribution >= 0.6 is 11.8 Å². The van der Waals surface area contributed by atoms with Crippen LogP contribution in [0, 0.1) is 5.21 Å². The van der Waals surface area contributed by atoms with Gasteiger partial charge in [0, 0.05) is 17.7 Å². The molecule has 0 N–H and O–H groups in total. The first kappa shape index (κ1) is 17.7. The standard InChI is InChI=1S/C17H16F3NO3S/c18-17(19,20)24-13-5-8-15(9-6-13)25-16-10-7-14(23-16)11-21(22)12-3-1-2-4-12/h5-12H,1-4H2/b21-11-. The smallest absolute Gasteiger partial charge is 0.573 e. The molecule has 1 aliphatic carbocycles. The summed E-state index contributed by atoms with van der Waals surface area (Å²) in [6, 6.07) is 8.94. The van der Waals surface area contributed by atoms with Crippen molar-refractivity contribution in [1.29, 1.82) is 0 Å². The van der Waals surface area contributed by atoms with Crippen molar-refractivity contribution in [2.75, 3.05) is 0 Å². The molecule has 2 aromatic rings. The fourth-order valence-electron chi connectivity index (χ4n) is 2.67. The molecule has 0 spiro atoms. The van der Waals surface area contributed by atoms with Crippen molar-refractivity contribution >= 4 is 18.0 Å². The normalized spacial score (nSPS) is 16.4. The summed E-state index contributed by atoms with van der Waals surface area (Å²) in [7, 11) is 0. The van der Waals surface area contributed by atoms with E-state index in [0.29, 0.717) is 15.7 Å². The summed E-state index contributed by atoms with van der Waals surface area (Å²) < 4.78 is 46.8. The molecule has 0 bridgehead atoms. The number of hydroxylamine groups is 1. The second-order valence-electron chi connectivity index (χ2n) is 5.71. The number of ether oxygens (including phenoxy) is 1. The zero-order valence-corrected chi connectivity index (χ0v) is 14.0. The van der Waals surface area contributed by atoms with Gasteiger partial charge in [0.1, 0.15) is 5.75 Å². The Balaban J connectivity index is 1.62. The number of rotatable bonds is 5. The summed E-state index contributed by atoms with van der Waals surface area (Å²) in [5.41, 5.74) is 0. The Morgan fingerprint density at radius 3 is 2.44 bits per heavy atom. The van der Waals surface area contributed by atoms with E-state index in [0.717, 1.165) is 30.4 Å². The summed E-state index contributed by atoms with van der Waals surface area (Å²) in [5.74, 6) is 0.185. The van der Waals surface area contributed by atoms with E-state index in [1.54, 1.807) is 12.1 Å². The highest BCUT2D eigenvalue weighted by Gasteiger charge is 2.31. The molecule has 0 amide bonds. The van der Waals surface area contributed by atoms with E-state index in [4.69, 9.17) is 4.42 Å². The van der Waals surface area contributed by atoms with E-state index in [-0.39, 0.29) is 11.8 Å². The molecule has 1 aliphatic rings. The summed E-state index contributed by atoms with van der Waals surface area (Å²) in [4.78, 5) is 0.699. The Morgan fingerprint density at radius 2 is 1.80 bits per heavy atom. The van der Waals surface area contributed by atoms with Crippen molar-refractivity contribution in [2.45, 2.75) is 48.1 Å². The fraction of sp³-hybridized carbons (Fsp3) is 0.353. The van der Waals surface area contributed by atoms with Crippen molar-refractivity contribution < 1.29 is 27.1 Å². The van der Waals surface area contributed by atoms with Gasteiger partial charge in [-0.3, -0.25) is 0 Å². The highest BCUT2D eigenvalue weighted by molar-refractivity contribution is 7.99. The van der Waals surface area contributed by atoms with E-state index < -0.39 is 6.36 Å². The predicted molar refractivity (Wildman–Crippen MR) is 87.0 cm³/mol. The van der Waals surface area contributed by atoms with Crippen LogP contribution in [0.4, 0.5) is 13.2 Å². The van der Waals surface area contributed by atoms with Gasteiger partial charge in [-0.05, 0) is 49.2 Å². The highest BCUT2D eigenvalue weighted by Crippen LogP contribution is 2.31. The molecule has 1 saturated carbocycles. The number of furan rings is 1.